The number of piperidine rings is 1. The van der Waals surface area contributed by atoms with Gasteiger partial charge in [-0.1, -0.05) is 54.6 Å². The lowest BCUT2D eigenvalue weighted by Crippen LogP contribution is -2.47. The van der Waals surface area contributed by atoms with Crippen LogP contribution in [-0.4, -0.2) is 44.6 Å². The Morgan fingerprint density at radius 3 is 2.11 bits per heavy atom. The van der Waals surface area contributed by atoms with E-state index in [0.717, 1.165) is 16.7 Å². The molecule has 2 aromatic rings. The molecule has 1 heterocycles. The number of nitrogens with zero attached hydrogens (tertiary/aromatic N) is 1. The van der Waals surface area contributed by atoms with E-state index in [1.54, 1.807) is 6.92 Å². The van der Waals surface area contributed by atoms with Crippen LogP contribution in [-0.2, 0) is 26.0 Å². The Bertz CT molecular complexity index is 899. The van der Waals surface area contributed by atoms with Crippen LogP contribution in [0.3, 0.4) is 0 Å². The first-order valence-electron chi connectivity index (χ1n) is 9.61. The lowest BCUT2D eigenvalue weighted by atomic mass is 9.74. The van der Waals surface area contributed by atoms with Crippen molar-refractivity contribution in [2.24, 2.45) is 5.41 Å². The summed E-state index contributed by atoms with van der Waals surface area (Å²) in [5, 5.41) is 0. The van der Waals surface area contributed by atoms with E-state index >= 15 is 0 Å². The molecule has 6 heteroatoms. The van der Waals surface area contributed by atoms with Gasteiger partial charge in [0.2, 0.25) is 10.0 Å². The molecule has 0 unspecified atom stereocenters. The molecule has 28 heavy (non-hydrogen) atoms. The normalized spacial score (nSPS) is 17.2. The molecule has 1 aliphatic heterocycles. The maximum Gasteiger partial charge on any atom is 0.312 e. The van der Waals surface area contributed by atoms with Gasteiger partial charge in [0.15, 0.2) is 0 Å². The van der Waals surface area contributed by atoms with E-state index in [0.29, 0.717) is 39.0 Å². The highest BCUT2D eigenvalue weighted by atomic mass is 32.2. The van der Waals surface area contributed by atoms with Gasteiger partial charge in [-0.25, -0.2) is 12.7 Å². The Morgan fingerprint density at radius 1 is 1.00 bits per heavy atom. The molecule has 0 bridgehead atoms. The molecule has 3 rings (SSSR count). The SMILES string of the molecule is CCOC(=O)C1(Cc2ccc(-c3ccccc3)cc2)CCN(S(C)(=O)=O)CC1. The number of sulfonamides is 1. The number of carbonyl (C=O) groups excluding carboxylic acids is 1. The van der Waals surface area contributed by atoms with Crippen LogP contribution in [0.2, 0.25) is 0 Å². The molecule has 0 spiro atoms. The van der Waals surface area contributed by atoms with Crippen LogP contribution in [0.25, 0.3) is 11.1 Å². The van der Waals surface area contributed by atoms with E-state index in [1.807, 2.05) is 30.3 Å². The standard InChI is InChI=1S/C22H27NO4S/c1-3-27-21(24)22(13-15-23(16-14-22)28(2,25)26)17-18-9-11-20(12-10-18)19-7-5-4-6-8-19/h4-12H,3,13-17H2,1-2H3. The maximum atomic E-state index is 12.8. The molecule has 0 saturated carbocycles. The average Bonchev–Trinajstić information content (AvgIpc) is 2.69. The van der Waals surface area contributed by atoms with E-state index in [2.05, 4.69) is 24.3 Å². The zero-order valence-corrected chi connectivity index (χ0v) is 17.2. The van der Waals surface area contributed by atoms with Gasteiger partial charge in [0, 0.05) is 13.1 Å². The molecule has 2 aromatic carbocycles. The Kier molecular flexibility index (Phi) is 6.20. The summed E-state index contributed by atoms with van der Waals surface area (Å²) in [6.07, 6.45) is 2.71. The van der Waals surface area contributed by atoms with E-state index < -0.39 is 15.4 Å². The van der Waals surface area contributed by atoms with Crippen LogP contribution in [0.5, 0.6) is 0 Å². The number of esters is 1. The fourth-order valence-electron chi connectivity index (χ4n) is 3.82. The molecule has 0 radical (unpaired) electrons. The lowest BCUT2D eigenvalue weighted by Gasteiger charge is -2.39. The molecular formula is C22H27NO4S. The van der Waals surface area contributed by atoms with E-state index in [9.17, 15) is 13.2 Å². The van der Waals surface area contributed by atoms with E-state index in [-0.39, 0.29) is 5.97 Å². The summed E-state index contributed by atoms with van der Waals surface area (Å²) in [6.45, 7) is 2.81. The molecule has 0 atom stereocenters. The summed E-state index contributed by atoms with van der Waals surface area (Å²) in [5.74, 6) is -0.227. The molecule has 0 aromatic heterocycles. The minimum Gasteiger partial charge on any atom is -0.466 e. The number of hydrogen-bond acceptors (Lipinski definition) is 4. The first-order chi connectivity index (χ1) is 13.3. The van der Waals surface area contributed by atoms with Gasteiger partial charge in [-0.15, -0.1) is 0 Å². The van der Waals surface area contributed by atoms with Gasteiger partial charge in [-0.3, -0.25) is 4.79 Å². The third-order valence-electron chi connectivity index (χ3n) is 5.46. The molecule has 0 amide bonds. The second kappa shape index (κ2) is 8.45. The number of carbonyl (C=O) groups is 1. The molecule has 0 aliphatic carbocycles. The van der Waals surface area contributed by atoms with Crippen molar-refractivity contribution in [1.82, 2.24) is 4.31 Å². The van der Waals surface area contributed by atoms with Crippen LogP contribution >= 0.6 is 0 Å². The predicted octanol–water partition coefficient (Wildman–Crippen LogP) is 3.50. The van der Waals surface area contributed by atoms with Gasteiger partial charge in [0.25, 0.3) is 0 Å². The monoisotopic (exact) mass is 401 g/mol. The number of hydrogen-bond donors (Lipinski definition) is 0. The summed E-state index contributed by atoms with van der Waals surface area (Å²) in [5.41, 5.74) is 2.66. The van der Waals surface area contributed by atoms with Crippen molar-refractivity contribution >= 4 is 16.0 Å². The minimum absolute atomic E-state index is 0.227. The smallest absolute Gasteiger partial charge is 0.312 e. The number of ether oxygens (including phenoxy) is 1. The Labute approximate surface area is 167 Å². The predicted molar refractivity (Wildman–Crippen MR) is 110 cm³/mol. The maximum absolute atomic E-state index is 12.8. The third kappa shape index (κ3) is 4.62. The van der Waals surface area contributed by atoms with Crippen molar-refractivity contribution in [1.29, 1.82) is 0 Å². The van der Waals surface area contributed by atoms with Crippen LogP contribution in [0.15, 0.2) is 54.6 Å². The highest BCUT2D eigenvalue weighted by molar-refractivity contribution is 7.88. The van der Waals surface area contributed by atoms with Gasteiger partial charge in [-0.05, 0) is 42.9 Å². The van der Waals surface area contributed by atoms with E-state index in [1.165, 1.54) is 10.6 Å². The van der Waals surface area contributed by atoms with Gasteiger partial charge < -0.3 is 4.74 Å². The quantitative estimate of drug-likeness (QED) is 0.695. The Hall–Kier alpha value is -2.18. The van der Waals surface area contributed by atoms with Gasteiger partial charge >= 0.3 is 5.97 Å². The second-order valence-corrected chi connectivity index (χ2v) is 9.39. The molecule has 1 fully saturated rings. The molecule has 0 N–H and O–H groups in total. The Balaban J connectivity index is 1.80. The second-order valence-electron chi connectivity index (χ2n) is 7.40. The summed E-state index contributed by atoms with van der Waals surface area (Å²) in [7, 11) is -3.24. The fourth-order valence-corrected chi connectivity index (χ4v) is 4.67. The van der Waals surface area contributed by atoms with Crippen LogP contribution in [0, 0.1) is 5.41 Å². The molecule has 5 nitrogen and oxygen atoms in total. The van der Waals surface area contributed by atoms with Gasteiger partial charge in [0.1, 0.15) is 0 Å². The first-order valence-corrected chi connectivity index (χ1v) is 11.5. The summed E-state index contributed by atoms with van der Waals surface area (Å²) >= 11 is 0. The van der Waals surface area contributed by atoms with Gasteiger partial charge in [-0.2, -0.15) is 0 Å². The van der Waals surface area contributed by atoms with Crippen LogP contribution < -0.4 is 0 Å². The number of benzene rings is 2. The summed E-state index contributed by atoms with van der Waals surface area (Å²) in [4.78, 5) is 12.8. The fraction of sp³-hybridized carbons (Fsp3) is 0.409. The third-order valence-corrected chi connectivity index (χ3v) is 6.76. The minimum atomic E-state index is -3.24. The van der Waals surface area contributed by atoms with Crippen molar-refractivity contribution in [2.45, 2.75) is 26.2 Å². The molecular weight excluding hydrogens is 374 g/mol. The van der Waals surface area contributed by atoms with Crippen LogP contribution in [0.1, 0.15) is 25.3 Å². The molecule has 1 aliphatic rings. The summed E-state index contributed by atoms with van der Waals surface area (Å²) < 4.78 is 30.5. The largest absolute Gasteiger partial charge is 0.466 e. The molecule has 1 saturated heterocycles. The zero-order valence-electron chi connectivity index (χ0n) is 16.4. The highest BCUT2D eigenvalue weighted by Gasteiger charge is 2.44. The molecule has 150 valence electrons. The van der Waals surface area contributed by atoms with Crippen molar-refractivity contribution in [3.8, 4) is 11.1 Å². The van der Waals surface area contributed by atoms with Gasteiger partial charge in [0.05, 0.1) is 18.3 Å². The Morgan fingerprint density at radius 2 is 1.57 bits per heavy atom. The van der Waals surface area contributed by atoms with Crippen molar-refractivity contribution in [2.75, 3.05) is 26.0 Å². The van der Waals surface area contributed by atoms with Crippen molar-refractivity contribution in [3.05, 3.63) is 60.2 Å². The number of rotatable bonds is 6. The van der Waals surface area contributed by atoms with Crippen LogP contribution in [0.4, 0.5) is 0 Å². The van der Waals surface area contributed by atoms with E-state index in [4.69, 9.17) is 4.74 Å². The average molecular weight is 402 g/mol. The highest BCUT2D eigenvalue weighted by Crippen LogP contribution is 2.37. The topological polar surface area (TPSA) is 63.7 Å². The summed E-state index contributed by atoms with van der Waals surface area (Å²) in [6, 6.07) is 18.4. The lowest BCUT2D eigenvalue weighted by molar-refractivity contribution is -0.158. The van der Waals surface area contributed by atoms with Crippen molar-refractivity contribution < 1.29 is 17.9 Å². The van der Waals surface area contributed by atoms with Crippen molar-refractivity contribution in [3.63, 3.8) is 0 Å². The first kappa shape index (κ1) is 20.6. The zero-order chi connectivity index (χ0) is 20.2.